The van der Waals surface area contributed by atoms with Crippen molar-refractivity contribution in [3.8, 4) is 0 Å². The first-order valence-electron chi connectivity index (χ1n) is 7.26. The highest BCUT2D eigenvalue weighted by Gasteiger charge is 2.33. The summed E-state index contributed by atoms with van der Waals surface area (Å²) in [6, 6.07) is 0. The minimum absolute atomic E-state index is 0.265. The molecule has 3 rings (SSSR count). The zero-order valence-corrected chi connectivity index (χ0v) is 12.3. The van der Waals surface area contributed by atoms with Crippen molar-refractivity contribution in [2.75, 3.05) is 36.8 Å². The molecule has 2 fully saturated rings. The Balaban J connectivity index is 1.79. The minimum atomic E-state index is -3.07. The normalized spacial score (nSPS) is 27.2. The molecule has 112 valence electrons. The van der Waals surface area contributed by atoms with Gasteiger partial charge in [-0.1, -0.05) is 6.42 Å². The summed E-state index contributed by atoms with van der Waals surface area (Å²) in [7, 11) is -3.07. The van der Waals surface area contributed by atoms with Crippen molar-refractivity contribution in [1.29, 1.82) is 0 Å². The number of hydrogen-bond donors (Lipinski definition) is 2. The van der Waals surface area contributed by atoms with Crippen LogP contribution in [-0.4, -0.2) is 55.5 Å². The molecule has 0 amide bonds. The average Bonchev–Trinajstić information content (AvgIpc) is 2.73. The fourth-order valence-corrected chi connectivity index (χ4v) is 4.72. The molecule has 7 nitrogen and oxygen atoms in total. The zero-order chi connectivity index (χ0) is 14.0. The predicted molar refractivity (Wildman–Crippen MR) is 76.5 cm³/mol. The molecule has 1 aromatic heterocycles. The molecule has 1 atom stereocenters. The van der Waals surface area contributed by atoms with E-state index < -0.39 is 15.1 Å². The number of sulfone groups is 1. The van der Waals surface area contributed by atoms with E-state index in [-0.39, 0.29) is 5.75 Å². The molecule has 3 heterocycles. The van der Waals surface area contributed by atoms with Gasteiger partial charge >= 0.3 is 0 Å². The summed E-state index contributed by atoms with van der Waals surface area (Å²) in [4.78, 5) is 6.55. The van der Waals surface area contributed by atoms with Crippen molar-refractivity contribution in [2.45, 2.75) is 30.9 Å². The molecular weight excluding hydrogens is 278 g/mol. The van der Waals surface area contributed by atoms with Gasteiger partial charge in [-0.05, 0) is 25.8 Å². The first kappa shape index (κ1) is 13.8. The molecule has 2 N–H and O–H groups in total. The Morgan fingerprint density at radius 2 is 2.05 bits per heavy atom. The Labute approximate surface area is 119 Å². The molecule has 0 aliphatic carbocycles. The van der Waals surface area contributed by atoms with Gasteiger partial charge in [-0.15, -0.1) is 5.10 Å². The quantitative estimate of drug-likeness (QED) is 0.813. The summed E-state index contributed by atoms with van der Waals surface area (Å²) in [6.45, 7) is 3.67. The van der Waals surface area contributed by atoms with Crippen LogP contribution in [0.3, 0.4) is 0 Å². The third-order valence-electron chi connectivity index (χ3n) is 4.00. The number of anilines is 1. The van der Waals surface area contributed by atoms with Crippen LogP contribution in [0.1, 0.15) is 36.8 Å². The SMILES string of the molecule is O=S1(=O)CCCCC1c1nc(N2CCCNCC2)n[nH]1. The molecule has 8 heteroatoms. The first-order valence-corrected chi connectivity index (χ1v) is 8.98. The van der Waals surface area contributed by atoms with E-state index >= 15 is 0 Å². The molecule has 2 aliphatic rings. The third-order valence-corrected chi connectivity index (χ3v) is 6.18. The van der Waals surface area contributed by atoms with Crippen molar-refractivity contribution in [3.05, 3.63) is 5.82 Å². The van der Waals surface area contributed by atoms with Gasteiger partial charge in [-0.25, -0.2) is 8.42 Å². The van der Waals surface area contributed by atoms with Crippen molar-refractivity contribution in [3.63, 3.8) is 0 Å². The summed E-state index contributed by atoms with van der Waals surface area (Å²) in [5.41, 5.74) is 0. The summed E-state index contributed by atoms with van der Waals surface area (Å²) in [5, 5.41) is 9.90. The Kier molecular flexibility index (Phi) is 3.93. The van der Waals surface area contributed by atoms with Gasteiger partial charge in [-0.3, -0.25) is 5.10 Å². The van der Waals surface area contributed by atoms with E-state index in [0.717, 1.165) is 45.4 Å². The number of nitrogens with one attached hydrogen (secondary N) is 2. The zero-order valence-electron chi connectivity index (χ0n) is 11.5. The highest BCUT2D eigenvalue weighted by Crippen LogP contribution is 2.31. The standard InChI is InChI=1S/C12H21N5O2S/c18-20(19)9-2-1-4-10(20)11-14-12(16-15-11)17-7-3-5-13-6-8-17/h10,13H,1-9H2,(H,14,15,16). The van der Waals surface area contributed by atoms with E-state index in [0.29, 0.717) is 18.2 Å². The molecule has 2 saturated heterocycles. The number of rotatable bonds is 2. The maximum absolute atomic E-state index is 12.1. The number of nitrogens with zero attached hydrogens (tertiary/aromatic N) is 3. The lowest BCUT2D eigenvalue weighted by Crippen LogP contribution is -2.29. The van der Waals surface area contributed by atoms with Crippen LogP contribution in [-0.2, 0) is 9.84 Å². The monoisotopic (exact) mass is 299 g/mol. The van der Waals surface area contributed by atoms with E-state index in [4.69, 9.17) is 0 Å². The van der Waals surface area contributed by atoms with Crippen LogP contribution in [0.15, 0.2) is 0 Å². The maximum Gasteiger partial charge on any atom is 0.244 e. The smallest absolute Gasteiger partial charge is 0.244 e. The third kappa shape index (κ3) is 2.80. The van der Waals surface area contributed by atoms with E-state index in [9.17, 15) is 8.42 Å². The van der Waals surface area contributed by atoms with Crippen LogP contribution in [0, 0.1) is 0 Å². The lowest BCUT2D eigenvalue weighted by atomic mass is 10.2. The predicted octanol–water partition coefficient (Wildman–Crippen LogP) is 0.244. The van der Waals surface area contributed by atoms with Gasteiger partial charge in [0.15, 0.2) is 9.84 Å². The van der Waals surface area contributed by atoms with Gasteiger partial charge in [0.1, 0.15) is 11.1 Å². The molecule has 20 heavy (non-hydrogen) atoms. The summed E-state index contributed by atoms with van der Waals surface area (Å²) in [5.74, 6) is 1.41. The Bertz CT molecular complexity index is 548. The summed E-state index contributed by atoms with van der Waals surface area (Å²) < 4.78 is 24.2. The van der Waals surface area contributed by atoms with Gasteiger partial charge in [0.2, 0.25) is 5.95 Å². The fraction of sp³-hybridized carbons (Fsp3) is 0.833. The molecule has 0 radical (unpaired) electrons. The van der Waals surface area contributed by atoms with Crippen molar-refractivity contribution >= 4 is 15.8 Å². The van der Waals surface area contributed by atoms with E-state index in [1.165, 1.54) is 0 Å². The van der Waals surface area contributed by atoms with Crippen LogP contribution in [0.25, 0.3) is 0 Å². The fourth-order valence-electron chi connectivity index (χ4n) is 2.86. The summed E-state index contributed by atoms with van der Waals surface area (Å²) >= 11 is 0. The summed E-state index contributed by atoms with van der Waals surface area (Å²) in [6.07, 6.45) is 3.40. The molecule has 2 aliphatic heterocycles. The van der Waals surface area contributed by atoms with Crippen molar-refractivity contribution < 1.29 is 8.42 Å². The average molecular weight is 299 g/mol. The number of H-pyrrole nitrogens is 1. The Morgan fingerprint density at radius 1 is 1.15 bits per heavy atom. The molecule has 0 bridgehead atoms. The lowest BCUT2D eigenvalue weighted by molar-refractivity contribution is 0.539. The highest BCUT2D eigenvalue weighted by molar-refractivity contribution is 7.91. The van der Waals surface area contributed by atoms with Crippen LogP contribution in [0.2, 0.25) is 0 Å². The maximum atomic E-state index is 12.1. The van der Waals surface area contributed by atoms with Crippen molar-refractivity contribution in [1.82, 2.24) is 20.5 Å². The number of aromatic amines is 1. The molecule has 1 aromatic rings. The van der Waals surface area contributed by atoms with Gasteiger partial charge in [0.25, 0.3) is 0 Å². The second-order valence-corrected chi connectivity index (χ2v) is 7.77. The second-order valence-electron chi connectivity index (χ2n) is 5.46. The van der Waals surface area contributed by atoms with Crippen molar-refractivity contribution in [2.24, 2.45) is 0 Å². The van der Waals surface area contributed by atoms with E-state index in [1.807, 2.05) is 0 Å². The Morgan fingerprint density at radius 3 is 2.90 bits per heavy atom. The molecule has 0 saturated carbocycles. The van der Waals surface area contributed by atoms with E-state index in [2.05, 4.69) is 25.4 Å². The Hall–Kier alpha value is -1.15. The second kappa shape index (κ2) is 5.69. The first-order chi connectivity index (χ1) is 9.67. The molecule has 0 spiro atoms. The molecule has 0 aromatic carbocycles. The largest absolute Gasteiger partial charge is 0.338 e. The van der Waals surface area contributed by atoms with Crippen LogP contribution in [0.4, 0.5) is 5.95 Å². The van der Waals surface area contributed by atoms with E-state index in [1.54, 1.807) is 0 Å². The van der Waals surface area contributed by atoms with Gasteiger partial charge in [0.05, 0.1) is 5.75 Å². The van der Waals surface area contributed by atoms with Gasteiger partial charge in [0, 0.05) is 19.6 Å². The number of hydrogen-bond acceptors (Lipinski definition) is 6. The number of aromatic nitrogens is 3. The molecule has 1 unspecified atom stereocenters. The van der Waals surface area contributed by atoms with Crippen LogP contribution < -0.4 is 10.2 Å². The van der Waals surface area contributed by atoms with Gasteiger partial charge in [-0.2, -0.15) is 4.98 Å². The lowest BCUT2D eigenvalue weighted by Gasteiger charge is -2.20. The topological polar surface area (TPSA) is 91.0 Å². The highest BCUT2D eigenvalue weighted by atomic mass is 32.2. The van der Waals surface area contributed by atoms with Gasteiger partial charge < -0.3 is 10.2 Å². The van der Waals surface area contributed by atoms with Crippen LogP contribution in [0.5, 0.6) is 0 Å². The minimum Gasteiger partial charge on any atom is -0.338 e. The molecular formula is C12H21N5O2S. The van der Waals surface area contributed by atoms with Crippen LogP contribution >= 0.6 is 0 Å².